The number of para-hydroxylation sites is 1. The van der Waals surface area contributed by atoms with Crippen molar-refractivity contribution in [2.75, 3.05) is 0 Å². The van der Waals surface area contributed by atoms with Crippen LogP contribution < -0.4 is 0 Å². The second kappa shape index (κ2) is 8.59. The minimum absolute atomic E-state index is 0.0194. The van der Waals surface area contributed by atoms with Crippen molar-refractivity contribution in [2.24, 2.45) is 0 Å². The van der Waals surface area contributed by atoms with Crippen LogP contribution in [-0.4, -0.2) is 19.5 Å². The Labute approximate surface area is 233 Å². The average Bonchev–Trinajstić information content (AvgIpc) is 3.45. The van der Waals surface area contributed by atoms with Crippen molar-refractivity contribution >= 4 is 27.4 Å². The van der Waals surface area contributed by atoms with Gasteiger partial charge in [0.1, 0.15) is 0 Å². The normalized spacial score (nSPS) is 15.6. The zero-order valence-electron chi connectivity index (χ0n) is 22.6. The molecule has 2 aromatic heterocycles. The lowest BCUT2D eigenvalue weighted by molar-refractivity contribution is 0.608. The first kappa shape index (κ1) is 23.1. The maximum atomic E-state index is 5.09. The van der Waals surface area contributed by atoms with E-state index in [1.165, 1.54) is 27.5 Å². The van der Waals surface area contributed by atoms with Crippen LogP contribution in [0.1, 0.15) is 37.8 Å². The molecule has 0 saturated carbocycles. The first-order chi connectivity index (χ1) is 19.6. The van der Waals surface area contributed by atoms with Crippen molar-refractivity contribution in [3.8, 4) is 28.7 Å². The first-order valence-electron chi connectivity index (χ1n) is 13.9. The highest BCUT2D eigenvalue weighted by Crippen LogP contribution is 2.51. The van der Waals surface area contributed by atoms with E-state index in [1.54, 1.807) is 5.57 Å². The molecule has 4 nitrogen and oxygen atoms in total. The molecular formula is C36H28N4. The van der Waals surface area contributed by atoms with Gasteiger partial charge in [0.05, 0.1) is 11.0 Å². The number of rotatable bonds is 3. The fourth-order valence-electron chi connectivity index (χ4n) is 6.60. The molecule has 4 aromatic carbocycles. The molecule has 0 radical (unpaired) electrons. The quantitative estimate of drug-likeness (QED) is 0.236. The van der Waals surface area contributed by atoms with E-state index in [-0.39, 0.29) is 5.41 Å². The van der Waals surface area contributed by atoms with Crippen LogP contribution in [-0.2, 0) is 5.41 Å². The number of nitrogens with zero attached hydrogens (tertiary/aromatic N) is 4. The molecule has 0 bridgehead atoms. The van der Waals surface area contributed by atoms with Crippen molar-refractivity contribution in [3.63, 3.8) is 0 Å². The molecule has 0 saturated heterocycles. The van der Waals surface area contributed by atoms with Crippen LogP contribution >= 0.6 is 0 Å². The van der Waals surface area contributed by atoms with E-state index in [0.717, 1.165) is 35.0 Å². The lowest BCUT2D eigenvalue weighted by atomic mass is 9.78. The molecule has 0 amide bonds. The topological polar surface area (TPSA) is 43.6 Å². The molecule has 0 atom stereocenters. The molecule has 0 N–H and O–H groups in total. The van der Waals surface area contributed by atoms with Gasteiger partial charge in [-0.15, -0.1) is 0 Å². The SMILES string of the molecule is CC1(C)C2=C(C=CCC2)c2cc3c4ccccc4n(-c4nc(-c5ccccc5)nc(-c5ccccc5)n4)c3cc21. The molecule has 2 aliphatic carbocycles. The maximum Gasteiger partial charge on any atom is 0.238 e. The highest BCUT2D eigenvalue weighted by molar-refractivity contribution is 6.11. The van der Waals surface area contributed by atoms with Crippen LogP contribution in [0.15, 0.2) is 115 Å². The third-order valence-electron chi connectivity index (χ3n) is 8.59. The van der Waals surface area contributed by atoms with Gasteiger partial charge in [0, 0.05) is 27.3 Å². The van der Waals surface area contributed by atoms with Crippen LogP contribution in [0.5, 0.6) is 0 Å². The van der Waals surface area contributed by atoms with Gasteiger partial charge in [-0.25, -0.2) is 4.98 Å². The van der Waals surface area contributed by atoms with Crippen LogP contribution in [0.3, 0.4) is 0 Å². The Morgan fingerprint density at radius 3 is 2.02 bits per heavy atom. The Bertz CT molecular complexity index is 1950. The van der Waals surface area contributed by atoms with Gasteiger partial charge >= 0.3 is 0 Å². The number of aromatic nitrogens is 4. The zero-order valence-corrected chi connectivity index (χ0v) is 22.6. The summed E-state index contributed by atoms with van der Waals surface area (Å²) in [7, 11) is 0. The van der Waals surface area contributed by atoms with Gasteiger partial charge in [0.25, 0.3) is 0 Å². The number of hydrogen-bond donors (Lipinski definition) is 0. The largest absolute Gasteiger partial charge is 0.278 e. The van der Waals surface area contributed by atoms with Crippen molar-refractivity contribution in [1.82, 2.24) is 19.5 Å². The zero-order chi connectivity index (χ0) is 26.8. The van der Waals surface area contributed by atoms with Crippen LogP contribution in [0.4, 0.5) is 0 Å². The molecule has 4 heteroatoms. The minimum atomic E-state index is -0.0194. The van der Waals surface area contributed by atoms with E-state index in [9.17, 15) is 0 Å². The summed E-state index contributed by atoms with van der Waals surface area (Å²) in [5.41, 5.74) is 9.82. The number of allylic oxidation sites excluding steroid dienone is 4. The van der Waals surface area contributed by atoms with Gasteiger partial charge in [-0.05, 0) is 47.7 Å². The monoisotopic (exact) mass is 516 g/mol. The molecule has 40 heavy (non-hydrogen) atoms. The Hall–Kier alpha value is -4.83. The smallest absolute Gasteiger partial charge is 0.238 e. The second-order valence-electron chi connectivity index (χ2n) is 11.2. The molecule has 2 heterocycles. The number of fused-ring (bicyclic) bond motifs is 5. The Balaban J connectivity index is 1.45. The number of hydrogen-bond acceptors (Lipinski definition) is 3. The number of benzene rings is 4. The van der Waals surface area contributed by atoms with Crippen molar-refractivity contribution in [3.05, 3.63) is 126 Å². The maximum absolute atomic E-state index is 5.09. The van der Waals surface area contributed by atoms with Gasteiger partial charge in [-0.3, -0.25) is 4.57 Å². The van der Waals surface area contributed by atoms with Gasteiger partial charge in [-0.1, -0.05) is 110 Å². The molecule has 2 aliphatic rings. The molecule has 0 spiro atoms. The fraction of sp³-hybridized carbons (Fsp3) is 0.139. The summed E-state index contributed by atoms with van der Waals surface area (Å²) >= 11 is 0. The Morgan fingerprint density at radius 2 is 1.32 bits per heavy atom. The van der Waals surface area contributed by atoms with Crippen molar-refractivity contribution in [2.45, 2.75) is 32.1 Å². The van der Waals surface area contributed by atoms with Crippen molar-refractivity contribution in [1.29, 1.82) is 0 Å². The van der Waals surface area contributed by atoms with E-state index in [1.807, 2.05) is 36.4 Å². The standard InChI is InChI=1S/C36H28N4/c1-36(2)29-19-11-9-17-25(29)27-21-28-26-18-10-12-20-31(26)40(32(28)22-30(27)36)35-38-33(23-13-5-3-6-14-23)37-34(39-35)24-15-7-4-8-16-24/h3-10,12-18,20-22H,11,19H2,1-2H3. The fourth-order valence-corrected chi connectivity index (χ4v) is 6.60. The Morgan fingerprint density at radius 1 is 0.675 bits per heavy atom. The summed E-state index contributed by atoms with van der Waals surface area (Å²) in [5, 5.41) is 2.43. The lowest BCUT2D eigenvalue weighted by Crippen LogP contribution is -2.18. The molecular weight excluding hydrogens is 488 g/mol. The Kier molecular flexibility index (Phi) is 4.96. The average molecular weight is 517 g/mol. The van der Waals surface area contributed by atoms with Gasteiger partial charge in [0.15, 0.2) is 11.6 Å². The first-order valence-corrected chi connectivity index (χ1v) is 13.9. The highest BCUT2D eigenvalue weighted by Gasteiger charge is 2.38. The molecule has 192 valence electrons. The third kappa shape index (κ3) is 3.35. The summed E-state index contributed by atoms with van der Waals surface area (Å²) in [6, 6.07) is 33.7. The molecule has 8 rings (SSSR count). The van der Waals surface area contributed by atoms with Crippen LogP contribution in [0, 0.1) is 0 Å². The second-order valence-corrected chi connectivity index (χ2v) is 11.2. The van der Waals surface area contributed by atoms with Gasteiger partial charge < -0.3 is 0 Å². The molecule has 6 aromatic rings. The predicted molar refractivity (Wildman–Crippen MR) is 163 cm³/mol. The highest BCUT2D eigenvalue weighted by atomic mass is 15.2. The lowest BCUT2D eigenvalue weighted by Gasteiger charge is -2.25. The predicted octanol–water partition coefficient (Wildman–Crippen LogP) is 8.70. The summed E-state index contributed by atoms with van der Waals surface area (Å²) in [4.78, 5) is 15.1. The van der Waals surface area contributed by atoms with E-state index < -0.39 is 0 Å². The van der Waals surface area contributed by atoms with Crippen LogP contribution in [0.2, 0.25) is 0 Å². The molecule has 0 unspecified atom stereocenters. The molecule has 0 fully saturated rings. The van der Waals surface area contributed by atoms with Crippen molar-refractivity contribution < 1.29 is 0 Å². The third-order valence-corrected chi connectivity index (χ3v) is 8.59. The van der Waals surface area contributed by atoms with Gasteiger partial charge in [-0.2, -0.15) is 9.97 Å². The summed E-state index contributed by atoms with van der Waals surface area (Å²) in [6.07, 6.45) is 6.88. The molecule has 0 aliphatic heterocycles. The minimum Gasteiger partial charge on any atom is -0.278 e. The van der Waals surface area contributed by atoms with Crippen LogP contribution in [0.25, 0.3) is 56.1 Å². The van der Waals surface area contributed by atoms with E-state index in [2.05, 4.69) is 91.2 Å². The van der Waals surface area contributed by atoms with E-state index in [4.69, 9.17) is 15.0 Å². The summed E-state index contributed by atoms with van der Waals surface area (Å²) < 4.78 is 2.23. The summed E-state index contributed by atoms with van der Waals surface area (Å²) in [6.45, 7) is 4.74. The van der Waals surface area contributed by atoms with E-state index >= 15 is 0 Å². The summed E-state index contributed by atoms with van der Waals surface area (Å²) in [5.74, 6) is 1.96. The van der Waals surface area contributed by atoms with Gasteiger partial charge in [0.2, 0.25) is 5.95 Å². The van der Waals surface area contributed by atoms with E-state index in [0.29, 0.717) is 17.6 Å².